The van der Waals surface area contributed by atoms with Crippen LogP contribution in [-0.4, -0.2) is 13.2 Å². The van der Waals surface area contributed by atoms with Gasteiger partial charge in [0.2, 0.25) is 0 Å². The van der Waals surface area contributed by atoms with Crippen LogP contribution in [0.3, 0.4) is 0 Å². The summed E-state index contributed by atoms with van der Waals surface area (Å²) in [6.07, 6.45) is 6.37. The third-order valence-corrected chi connectivity index (χ3v) is 2.53. The van der Waals surface area contributed by atoms with E-state index >= 15 is 0 Å². The van der Waals surface area contributed by atoms with Crippen LogP contribution in [0.15, 0.2) is 43.5 Å². The van der Waals surface area contributed by atoms with Crippen LogP contribution in [0.5, 0.6) is 11.5 Å². The van der Waals surface area contributed by atoms with Crippen LogP contribution < -0.4 is 9.47 Å². The summed E-state index contributed by atoms with van der Waals surface area (Å²) in [6.45, 7) is 10.8. The monoisotopic (exact) mass is 246 g/mol. The van der Waals surface area contributed by atoms with Gasteiger partial charge in [-0.3, -0.25) is 0 Å². The Morgan fingerprint density at radius 1 is 0.944 bits per heavy atom. The molecule has 0 aromatic heterocycles. The van der Waals surface area contributed by atoms with Crippen molar-refractivity contribution in [1.29, 1.82) is 0 Å². The third-order valence-electron chi connectivity index (χ3n) is 2.53. The third kappa shape index (κ3) is 5.09. The summed E-state index contributed by atoms with van der Waals surface area (Å²) in [5.41, 5.74) is 1.22. The Bertz CT molecular complexity index is 350. The predicted molar refractivity (Wildman–Crippen MR) is 76.4 cm³/mol. The Hall–Kier alpha value is -1.70. The Morgan fingerprint density at radius 2 is 1.44 bits per heavy atom. The van der Waals surface area contributed by atoms with Gasteiger partial charge in [0.15, 0.2) is 0 Å². The Balaban J connectivity index is 2.67. The zero-order valence-corrected chi connectivity index (χ0v) is 11.2. The highest BCUT2D eigenvalue weighted by atomic mass is 16.5. The molecule has 1 rings (SSSR count). The van der Waals surface area contributed by atoms with E-state index in [4.69, 9.17) is 9.47 Å². The maximum atomic E-state index is 5.66. The van der Waals surface area contributed by atoms with Gasteiger partial charge in [-0.05, 0) is 37.0 Å². The summed E-state index contributed by atoms with van der Waals surface area (Å²) in [5.74, 6) is 1.73. The smallest absolute Gasteiger partial charge is 0.123 e. The summed E-state index contributed by atoms with van der Waals surface area (Å²) >= 11 is 0. The molecule has 2 heteroatoms. The van der Waals surface area contributed by atoms with Crippen molar-refractivity contribution in [3.8, 4) is 11.5 Å². The van der Waals surface area contributed by atoms with E-state index in [0.717, 1.165) is 30.8 Å². The van der Waals surface area contributed by atoms with Gasteiger partial charge in [0.25, 0.3) is 0 Å². The summed E-state index contributed by atoms with van der Waals surface area (Å²) in [6, 6.07) is 6.05. The van der Waals surface area contributed by atoms with Crippen molar-refractivity contribution in [2.45, 2.75) is 26.2 Å². The lowest BCUT2D eigenvalue weighted by Crippen LogP contribution is -1.99. The Labute approximate surface area is 110 Å². The summed E-state index contributed by atoms with van der Waals surface area (Å²) < 4.78 is 11.3. The van der Waals surface area contributed by atoms with Gasteiger partial charge < -0.3 is 9.47 Å². The lowest BCUT2D eigenvalue weighted by atomic mass is 10.1. The summed E-state index contributed by atoms with van der Waals surface area (Å²) in [4.78, 5) is 0. The highest BCUT2D eigenvalue weighted by molar-refractivity contribution is 5.38. The fraction of sp³-hybridized carbons (Fsp3) is 0.375. The van der Waals surface area contributed by atoms with E-state index < -0.39 is 0 Å². The van der Waals surface area contributed by atoms with Crippen molar-refractivity contribution in [3.05, 3.63) is 49.1 Å². The molecular weight excluding hydrogens is 224 g/mol. The topological polar surface area (TPSA) is 18.5 Å². The van der Waals surface area contributed by atoms with Crippen molar-refractivity contribution in [2.24, 2.45) is 0 Å². The van der Waals surface area contributed by atoms with E-state index in [2.05, 4.69) is 32.2 Å². The molecule has 0 aliphatic carbocycles. The second kappa shape index (κ2) is 8.40. The van der Waals surface area contributed by atoms with E-state index in [-0.39, 0.29) is 0 Å². The van der Waals surface area contributed by atoms with Gasteiger partial charge in [-0.25, -0.2) is 0 Å². The first-order valence-corrected chi connectivity index (χ1v) is 6.41. The molecule has 18 heavy (non-hydrogen) atoms. The molecule has 1 aromatic rings. The number of aryl methyl sites for hydroxylation is 1. The number of hydrogen-bond donors (Lipinski definition) is 0. The van der Waals surface area contributed by atoms with Gasteiger partial charge in [0.05, 0.1) is 13.2 Å². The van der Waals surface area contributed by atoms with Crippen LogP contribution in [0, 0.1) is 0 Å². The normalized spacial score (nSPS) is 9.83. The Kier molecular flexibility index (Phi) is 6.70. The molecule has 0 radical (unpaired) electrons. The lowest BCUT2D eigenvalue weighted by molar-refractivity contribution is 0.308. The minimum Gasteiger partial charge on any atom is -0.493 e. The highest BCUT2D eigenvalue weighted by Gasteiger charge is 2.02. The van der Waals surface area contributed by atoms with E-state index in [1.54, 1.807) is 0 Å². The minimum absolute atomic E-state index is 0.656. The van der Waals surface area contributed by atoms with Crippen molar-refractivity contribution >= 4 is 0 Å². The Morgan fingerprint density at radius 3 is 1.83 bits per heavy atom. The number of rotatable bonds is 9. The number of benzene rings is 1. The van der Waals surface area contributed by atoms with E-state index in [1.807, 2.05) is 18.2 Å². The average Bonchev–Trinajstić information content (AvgIpc) is 2.39. The maximum absolute atomic E-state index is 5.66. The van der Waals surface area contributed by atoms with Crippen molar-refractivity contribution in [3.63, 3.8) is 0 Å². The van der Waals surface area contributed by atoms with Crippen LogP contribution in [0.25, 0.3) is 0 Å². The average molecular weight is 246 g/mol. The molecule has 0 heterocycles. The predicted octanol–water partition coefficient (Wildman–Crippen LogP) is 4.16. The highest BCUT2D eigenvalue weighted by Crippen LogP contribution is 2.23. The van der Waals surface area contributed by atoms with Crippen LogP contribution in [-0.2, 0) is 6.42 Å². The lowest BCUT2D eigenvalue weighted by Gasteiger charge is -2.11. The van der Waals surface area contributed by atoms with Gasteiger partial charge in [0.1, 0.15) is 11.5 Å². The molecule has 0 N–H and O–H groups in total. The second-order valence-electron chi connectivity index (χ2n) is 4.02. The largest absolute Gasteiger partial charge is 0.493 e. The summed E-state index contributed by atoms with van der Waals surface area (Å²) in [5, 5.41) is 0. The summed E-state index contributed by atoms with van der Waals surface area (Å²) in [7, 11) is 0. The minimum atomic E-state index is 0.656. The van der Waals surface area contributed by atoms with Crippen molar-refractivity contribution < 1.29 is 9.47 Å². The molecule has 0 amide bonds. The van der Waals surface area contributed by atoms with Crippen molar-refractivity contribution in [1.82, 2.24) is 0 Å². The van der Waals surface area contributed by atoms with Gasteiger partial charge in [-0.1, -0.05) is 19.1 Å². The van der Waals surface area contributed by atoms with Crippen molar-refractivity contribution in [2.75, 3.05) is 13.2 Å². The molecule has 0 atom stereocenters. The molecule has 0 spiro atoms. The molecule has 2 nitrogen and oxygen atoms in total. The maximum Gasteiger partial charge on any atom is 0.123 e. The van der Waals surface area contributed by atoms with E-state index in [1.165, 1.54) is 5.56 Å². The van der Waals surface area contributed by atoms with Crippen LogP contribution >= 0.6 is 0 Å². The molecule has 0 saturated carbocycles. The zero-order chi connectivity index (χ0) is 13.2. The molecule has 0 aliphatic heterocycles. The van der Waals surface area contributed by atoms with Crippen LogP contribution in [0.4, 0.5) is 0 Å². The van der Waals surface area contributed by atoms with E-state index in [9.17, 15) is 0 Å². The fourth-order valence-corrected chi connectivity index (χ4v) is 1.52. The second-order valence-corrected chi connectivity index (χ2v) is 4.02. The quantitative estimate of drug-likeness (QED) is 0.481. The molecular formula is C16H22O2. The van der Waals surface area contributed by atoms with Gasteiger partial charge in [-0.15, -0.1) is 13.2 Å². The fourth-order valence-electron chi connectivity index (χ4n) is 1.52. The molecule has 98 valence electrons. The molecule has 1 aromatic carbocycles. The molecule has 0 bridgehead atoms. The number of ether oxygens (including phenoxy) is 2. The van der Waals surface area contributed by atoms with Gasteiger partial charge in [-0.2, -0.15) is 0 Å². The molecule has 0 unspecified atom stereocenters. The van der Waals surface area contributed by atoms with E-state index in [0.29, 0.717) is 13.2 Å². The zero-order valence-electron chi connectivity index (χ0n) is 11.2. The molecule has 0 aliphatic rings. The molecule has 0 saturated heterocycles. The first kappa shape index (κ1) is 14.4. The first-order chi connectivity index (χ1) is 8.80. The SMILES string of the molecule is C=CCCOc1cc(CC)cc(OCCC=C)c1. The van der Waals surface area contributed by atoms with Crippen LogP contribution in [0.1, 0.15) is 25.3 Å². The standard InChI is InChI=1S/C16H22O2/c1-4-7-9-17-15-11-14(6-3)12-16(13-15)18-10-8-5-2/h4-5,11-13H,1-2,6-10H2,3H3. The van der Waals surface area contributed by atoms with Crippen LogP contribution in [0.2, 0.25) is 0 Å². The first-order valence-electron chi connectivity index (χ1n) is 6.41. The van der Waals surface area contributed by atoms with Gasteiger partial charge in [0, 0.05) is 6.07 Å². The van der Waals surface area contributed by atoms with Gasteiger partial charge >= 0.3 is 0 Å². The number of hydrogen-bond acceptors (Lipinski definition) is 2. The molecule has 0 fully saturated rings.